The standard InChI is InChI=1S/C21H21N2O4P/c1-17(22-21(24)23-18-11-5-2-6-12-18)28(25,26-19-13-7-3-8-14-19)27-20-15-9-4-10-16-20/h2-17H,1H3,(H2,22,23,24). The number of carbonyl (C=O) groups excluding carboxylic acids is 1. The van der Waals surface area contributed by atoms with Gasteiger partial charge in [-0.2, -0.15) is 0 Å². The predicted octanol–water partition coefficient (Wildman–Crippen LogP) is 5.51. The van der Waals surface area contributed by atoms with Crippen LogP contribution in [0.4, 0.5) is 10.5 Å². The second-order valence-corrected chi connectivity index (χ2v) is 8.21. The summed E-state index contributed by atoms with van der Waals surface area (Å²) in [7, 11) is -3.78. The van der Waals surface area contributed by atoms with Crippen LogP contribution in [0.25, 0.3) is 0 Å². The quantitative estimate of drug-likeness (QED) is 0.517. The van der Waals surface area contributed by atoms with Crippen molar-refractivity contribution in [3.63, 3.8) is 0 Å². The molecule has 3 rings (SSSR count). The Balaban J connectivity index is 1.76. The van der Waals surface area contributed by atoms with Crippen LogP contribution in [0.2, 0.25) is 0 Å². The van der Waals surface area contributed by atoms with Crippen LogP contribution in [0.5, 0.6) is 11.5 Å². The minimum Gasteiger partial charge on any atom is -0.415 e. The Labute approximate surface area is 164 Å². The van der Waals surface area contributed by atoms with Gasteiger partial charge in [0.25, 0.3) is 0 Å². The fraction of sp³-hybridized carbons (Fsp3) is 0.0952. The third-order valence-electron chi connectivity index (χ3n) is 3.80. The van der Waals surface area contributed by atoms with Gasteiger partial charge in [0.15, 0.2) is 5.78 Å². The van der Waals surface area contributed by atoms with E-state index in [2.05, 4.69) is 10.6 Å². The maximum absolute atomic E-state index is 13.6. The van der Waals surface area contributed by atoms with E-state index in [1.807, 2.05) is 18.2 Å². The van der Waals surface area contributed by atoms with E-state index in [1.165, 1.54) is 0 Å². The first-order chi connectivity index (χ1) is 13.5. The molecule has 0 aliphatic carbocycles. The minimum absolute atomic E-state index is 0.388. The van der Waals surface area contributed by atoms with E-state index < -0.39 is 19.4 Å². The van der Waals surface area contributed by atoms with Crippen LogP contribution in [0.1, 0.15) is 6.92 Å². The van der Waals surface area contributed by atoms with Crippen LogP contribution in [0.15, 0.2) is 91.0 Å². The number of benzene rings is 3. The number of hydrogen-bond donors (Lipinski definition) is 2. The molecule has 7 heteroatoms. The van der Waals surface area contributed by atoms with Crippen molar-refractivity contribution in [2.24, 2.45) is 0 Å². The van der Waals surface area contributed by atoms with E-state index in [0.717, 1.165) is 0 Å². The van der Waals surface area contributed by atoms with Gasteiger partial charge in [-0.3, -0.25) is 0 Å². The number of rotatable bonds is 7. The van der Waals surface area contributed by atoms with Crippen molar-refractivity contribution in [1.82, 2.24) is 5.32 Å². The first kappa shape index (κ1) is 19.5. The van der Waals surface area contributed by atoms with E-state index >= 15 is 0 Å². The Hall–Kier alpha value is -3.24. The van der Waals surface area contributed by atoms with Gasteiger partial charge in [0.2, 0.25) is 0 Å². The van der Waals surface area contributed by atoms with Gasteiger partial charge >= 0.3 is 13.6 Å². The molecule has 0 radical (unpaired) electrons. The molecule has 3 aromatic rings. The summed E-state index contributed by atoms with van der Waals surface area (Å²) in [5, 5.41) is 5.34. The lowest BCUT2D eigenvalue weighted by atomic mass is 10.3. The predicted molar refractivity (Wildman–Crippen MR) is 110 cm³/mol. The smallest absolute Gasteiger partial charge is 0.415 e. The van der Waals surface area contributed by atoms with E-state index in [4.69, 9.17) is 9.05 Å². The third kappa shape index (κ3) is 5.38. The molecule has 0 heterocycles. The van der Waals surface area contributed by atoms with Crippen LogP contribution >= 0.6 is 7.60 Å². The van der Waals surface area contributed by atoms with Crippen molar-refractivity contribution < 1.29 is 18.4 Å². The summed E-state index contributed by atoms with van der Waals surface area (Å²) >= 11 is 0. The molecule has 6 nitrogen and oxygen atoms in total. The summed E-state index contributed by atoms with van der Waals surface area (Å²) in [6.07, 6.45) is 0. The van der Waals surface area contributed by atoms with Crippen molar-refractivity contribution >= 4 is 19.3 Å². The number of para-hydroxylation sites is 3. The summed E-state index contributed by atoms with van der Waals surface area (Å²) in [5.74, 6) is -0.130. The van der Waals surface area contributed by atoms with Gasteiger partial charge in [0.1, 0.15) is 11.5 Å². The highest BCUT2D eigenvalue weighted by molar-refractivity contribution is 7.55. The van der Waals surface area contributed by atoms with Gasteiger partial charge in [0.05, 0.1) is 0 Å². The Morgan fingerprint density at radius 2 is 1.21 bits per heavy atom. The van der Waals surface area contributed by atoms with E-state index in [0.29, 0.717) is 17.2 Å². The highest BCUT2D eigenvalue weighted by Crippen LogP contribution is 2.51. The fourth-order valence-electron chi connectivity index (χ4n) is 2.39. The van der Waals surface area contributed by atoms with Gasteiger partial charge in [-0.25, -0.2) is 9.36 Å². The maximum atomic E-state index is 13.6. The van der Waals surface area contributed by atoms with Crippen molar-refractivity contribution in [3.8, 4) is 11.5 Å². The third-order valence-corrected chi connectivity index (χ3v) is 5.81. The SMILES string of the molecule is CC(NC(=O)Nc1ccccc1)P(=O)(Oc1ccccc1)Oc1ccccc1. The number of nitrogens with one attached hydrogen (secondary N) is 2. The molecule has 1 atom stereocenters. The Kier molecular flexibility index (Phi) is 6.35. The summed E-state index contributed by atoms with van der Waals surface area (Å²) in [4.78, 5) is 12.3. The normalized spacial score (nSPS) is 11.9. The van der Waals surface area contributed by atoms with Gasteiger partial charge < -0.3 is 19.7 Å². The second-order valence-electron chi connectivity index (χ2n) is 5.99. The van der Waals surface area contributed by atoms with Crippen molar-refractivity contribution in [2.45, 2.75) is 12.7 Å². The van der Waals surface area contributed by atoms with E-state index in [1.54, 1.807) is 79.7 Å². The zero-order valence-corrected chi connectivity index (χ0v) is 16.2. The summed E-state index contributed by atoms with van der Waals surface area (Å²) < 4.78 is 25.0. The molecule has 0 aliphatic rings. The van der Waals surface area contributed by atoms with Gasteiger partial charge in [-0.1, -0.05) is 54.6 Å². The molecule has 2 amide bonds. The molecule has 0 bridgehead atoms. The highest BCUT2D eigenvalue weighted by atomic mass is 31.2. The maximum Gasteiger partial charge on any atom is 0.452 e. The second kappa shape index (κ2) is 9.11. The van der Waals surface area contributed by atoms with Crippen molar-refractivity contribution in [2.75, 3.05) is 5.32 Å². The van der Waals surface area contributed by atoms with Crippen molar-refractivity contribution in [3.05, 3.63) is 91.0 Å². The number of anilines is 1. The van der Waals surface area contributed by atoms with Crippen LogP contribution in [-0.2, 0) is 4.57 Å². The van der Waals surface area contributed by atoms with Crippen LogP contribution < -0.4 is 19.7 Å². The fourth-order valence-corrected chi connectivity index (χ4v) is 3.85. The zero-order chi connectivity index (χ0) is 19.8. The lowest BCUT2D eigenvalue weighted by Crippen LogP contribution is -2.37. The molecule has 144 valence electrons. The van der Waals surface area contributed by atoms with Crippen LogP contribution in [0.3, 0.4) is 0 Å². The molecule has 0 aliphatic heterocycles. The van der Waals surface area contributed by atoms with Gasteiger partial charge in [0, 0.05) is 5.69 Å². The monoisotopic (exact) mass is 396 g/mol. The molecule has 1 unspecified atom stereocenters. The lowest BCUT2D eigenvalue weighted by molar-refractivity contribution is 0.249. The number of hydrogen-bond acceptors (Lipinski definition) is 4. The molecule has 2 N–H and O–H groups in total. The summed E-state index contributed by atoms with van der Waals surface area (Å²) in [6.45, 7) is 1.58. The minimum atomic E-state index is -3.78. The van der Waals surface area contributed by atoms with Crippen LogP contribution in [0, 0.1) is 0 Å². The zero-order valence-electron chi connectivity index (χ0n) is 15.3. The first-order valence-corrected chi connectivity index (χ1v) is 10.4. The number of carbonyl (C=O) groups is 1. The first-order valence-electron chi connectivity index (χ1n) is 8.77. The largest absolute Gasteiger partial charge is 0.452 e. The number of urea groups is 1. The van der Waals surface area contributed by atoms with Crippen molar-refractivity contribution in [1.29, 1.82) is 0 Å². The molecular formula is C21H21N2O4P. The highest BCUT2D eigenvalue weighted by Gasteiger charge is 2.37. The lowest BCUT2D eigenvalue weighted by Gasteiger charge is -2.25. The van der Waals surface area contributed by atoms with E-state index in [9.17, 15) is 9.36 Å². The Morgan fingerprint density at radius 3 is 1.68 bits per heavy atom. The summed E-state index contributed by atoms with van der Waals surface area (Å²) in [5.41, 5.74) is 0.620. The van der Waals surface area contributed by atoms with Crippen LogP contribution in [-0.4, -0.2) is 11.8 Å². The van der Waals surface area contributed by atoms with Gasteiger partial charge in [-0.15, -0.1) is 0 Å². The van der Waals surface area contributed by atoms with Gasteiger partial charge in [-0.05, 0) is 43.3 Å². The molecule has 0 aromatic heterocycles. The molecular weight excluding hydrogens is 375 g/mol. The summed E-state index contributed by atoms with van der Waals surface area (Å²) in [6, 6.07) is 25.9. The van der Waals surface area contributed by atoms with E-state index in [-0.39, 0.29) is 0 Å². The average molecular weight is 396 g/mol. The molecule has 0 saturated heterocycles. The number of amides is 2. The average Bonchev–Trinajstić information content (AvgIpc) is 2.70. The molecule has 28 heavy (non-hydrogen) atoms. The Bertz CT molecular complexity index is 891. The molecule has 0 saturated carbocycles. The molecule has 0 spiro atoms. The Morgan fingerprint density at radius 1 is 0.786 bits per heavy atom. The topological polar surface area (TPSA) is 76.7 Å². The molecule has 3 aromatic carbocycles. The molecule has 0 fully saturated rings.